The van der Waals surface area contributed by atoms with Crippen molar-refractivity contribution in [2.24, 2.45) is 0 Å². The van der Waals surface area contributed by atoms with Gasteiger partial charge < -0.3 is 254 Å². The second kappa shape index (κ2) is 45.5. The van der Waals surface area contributed by atoms with Crippen LogP contribution in [-0.4, -0.2) is 540 Å². The summed E-state index contributed by atoms with van der Waals surface area (Å²) >= 11 is 0. The van der Waals surface area contributed by atoms with E-state index in [9.17, 15) is 162 Å². The number of carbonyl (C=O) groups is 5. The van der Waals surface area contributed by atoms with Crippen LogP contribution in [0.25, 0.3) is 0 Å². The Morgan fingerprint density at radius 2 is 0.437 bits per heavy atom. The molecule has 10 saturated heterocycles. The van der Waals surface area contributed by atoms with Crippen molar-refractivity contribution in [1.29, 1.82) is 0 Å². The molecule has 10 fully saturated rings. The van der Waals surface area contributed by atoms with Crippen molar-refractivity contribution >= 4 is 29.5 Å². The summed E-state index contributed by atoms with van der Waals surface area (Å²) in [5.41, 5.74) is 0. The maximum absolute atomic E-state index is 13.4. The van der Waals surface area contributed by atoms with Gasteiger partial charge in [-0.3, -0.25) is 24.0 Å². The molecule has 0 radical (unpaired) electrons. The third-order valence-electron chi connectivity index (χ3n) is 22.9. The molecule has 32 N–H and O–H groups in total. The van der Waals surface area contributed by atoms with Crippen molar-refractivity contribution in [2.45, 2.75) is 341 Å². The van der Waals surface area contributed by atoms with E-state index in [0.717, 1.165) is 34.6 Å². The molecule has 10 aliphatic heterocycles. The van der Waals surface area contributed by atoms with Crippen molar-refractivity contribution in [3.8, 4) is 0 Å². The van der Waals surface area contributed by atoms with Crippen LogP contribution in [0, 0.1) is 0 Å². The van der Waals surface area contributed by atoms with Crippen molar-refractivity contribution in [3.05, 3.63) is 0 Å². The highest BCUT2D eigenvalue weighted by molar-refractivity contribution is 5.75. The Bertz CT molecular complexity index is 3440. The fourth-order valence-electron chi connectivity index (χ4n) is 16.3. The number of hydrogen-bond acceptors (Lipinski definition) is 51. The molecule has 5 amide bonds. The van der Waals surface area contributed by atoms with Gasteiger partial charge in [-0.05, 0) is 0 Å². The minimum atomic E-state index is -2.70. The lowest BCUT2D eigenvalue weighted by Crippen LogP contribution is -2.71. The molecule has 0 unspecified atom stereocenters. The van der Waals surface area contributed by atoms with Crippen molar-refractivity contribution in [1.82, 2.24) is 26.6 Å². The molecule has 728 valence electrons. The van der Waals surface area contributed by atoms with Gasteiger partial charge in [0.25, 0.3) is 0 Å². The maximum Gasteiger partial charge on any atom is 0.217 e. The smallest absolute Gasteiger partial charge is 0.217 e. The average molecular weight is 1840 g/mol. The van der Waals surface area contributed by atoms with E-state index in [0.29, 0.717) is 0 Å². The normalized spacial score (nSPS) is 48.4. The average Bonchev–Trinajstić information content (AvgIpc) is 0.755. The predicted octanol–water partition coefficient (Wildman–Crippen LogP) is -22.1. The lowest BCUT2D eigenvalue weighted by Gasteiger charge is -2.52. The number of aliphatic hydroxyl groups is 27. The van der Waals surface area contributed by atoms with Gasteiger partial charge in [-0.25, -0.2) is 0 Å². The summed E-state index contributed by atoms with van der Waals surface area (Å²) in [5.74, 6) is -4.61. The third kappa shape index (κ3) is 23.1. The van der Waals surface area contributed by atoms with Crippen LogP contribution in [0.2, 0.25) is 0 Å². The summed E-state index contributed by atoms with van der Waals surface area (Å²) in [5, 5.41) is 315. The highest BCUT2D eigenvalue weighted by Gasteiger charge is 2.62. The van der Waals surface area contributed by atoms with E-state index in [2.05, 4.69) is 26.6 Å². The molecule has 0 bridgehead atoms. The van der Waals surface area contributed by atoms with Crippen LogP contribution in [0.15, 0.2) is 0 Å². The number of ether oxygens (including phenoxy) is 19. The Labute approximate surface area is 713 Å². The fraction of sp³-hybridized carbons (Fsp3) is 0.929. The van der Waals surface area contributed by atoms with Gasteiger partial charge in [-0.1, -0.05) is 0 Å². The Kier molecular flexibility index (Phi) is 37.4. The molecular weight excluding hydrogens is 1730 g/mol. The molecule has 10 aliphatic rings. The molecule has 0 aromatic carbocycles. The van der Waals surface area contributed by atoms with Gasteiger partial charge in [-0.2, -0.15) is 0 Å². The van der Waals surface area contributed by atoms with Crippen LogP contribution in [0.5, 0.6) is 0 Å². The summed E-state index contributed by atoms with van der Waals surface area (Å²) < 4.78 is 114. The van der Waals surface area contributed by atoms with Crippen molar-refractivity contribution in [3.63, 3.8) is 0 Å². The third-order valence-corrected chi connectivity index (χ3v) is 22.9. The first-order valence-corrected chi connectivity index (χ1v) is 40.1. The molecule has 0 aromatic heterocycles. The minimum absolute atomic E-state index is 0.815. The summed E-state index contributed by atoms with van der Waals surface area (Å²) in [7, 11) is 0. The molecule has 0 aromatic rings. The summed E-state index contributed by atoms with van der Waals surface area (Å²) in [4.78, 5) is 64.0. The van der Waals surface area contributed by atoms with Crippen molar-refractivity contribution in [2.75, 3.05) is 66.1 Å². The van der Waals surface area contributed by atoms with Crippen LogP contribution < -0.4 is 26.6 Å². The van der Waals surface area contributed by atoms with Gasteiger partial charge in [0.2, 0.25) is 29.5 Å². The van der Waals surface area contributed by atoms with E-state index in [1.54, 1.807) is 0 Å². The molecule has 0 aliphatic carbocycles. The number of nitrogens with one attached hydrogen (secondary N) is 5. The van der Waals surface area contributed by atoms with E-state index < -0.39 is 402 Å². The zero-order valence-electron chi connectivity index (χ0n) is 67.8. The zero-order valence-corrected chi connectivity index (χ0v) is 67.8. The Morgan fingerprint density at radius 3 is 0.810 bits per heavy atom. The number of carbonyl (C=O) groups excluding carboxylic acids is 5. The van der Waals surface area contributed by atoms with Crippen LogP contribution in [-0.2, 0) is 114 Å². The Morgan fingerprint density at radius 1 is 0.206 bits per heavy atom. The van der Waals surface area contributed by atoms with E-state index in [1.807, 2.05) is 0 Å². The van der Waals surface area contributed by atoms with Gasteiger partial charge in [-0.15, -0.1) is 0 Å². The standard InChI is InChI=1S/C70H117N5O51/c1-16(84)71-31-44(97)54(25(10-80)110-61(31)107)120-64-34(74-19(4)87)46(99)56(27(12-82)115-64)123-69-53(106)59(41(94)30(119-69)15-109-67-52(105)58(124-68-50(103)48(101)39(92)24(9-79)114-68)40(93)29(118-67)14-108-66-49(102)47(100)38(91)23(8-78)113-66)125-70-60(51(104)57(28(13-83)117-70)122-63-33(73-18(3)86)43(96)37(90)22(7-77)112-63)126-65-35(75-20(5)88)45(98)55(26(11-81)116-65)121-62-32(72-17(2)85)42(95)36(89)21(6-76)111-62/h21-70,76-83,89-107H,6-15H2,1-5H3,(H,71,84)(H,72,85)(H,73,86)(H,74,87)(H,75,88)/t21-,22-,23-,24-,25-,26-,27-,28-,29-,30-,31-,32-,33-,34-,35-,36+,37-,38-,39-,40-,41-,42-,43-,44-,45-,46-,47+,48+,49+,50+,51+,52+,53+,54-,55-,56-,57-,58+,59+,60+,61-,62+,63+,64+,65+,66+,67+,68-,69+,70-/m1/s1. The lowest BCUT2D eigenvalue weighted by atomic mass is 9.93. The van der Waals surface area contributed by atoms with Gasteiger partial charge in [0.1, 0.15) is 244 Å². The highest BCUT2D eigenvalue weighted by Crippen LogP contribution is 2.41. The van der Waals surface area contributed by atoms with E-state index in [1.165, 1.54) is 0 Å². The second-order valence-corrected chi connectivity index (χ2v) is 31.7. The quantitative estimate of drug-likeness (QED) is 0.0290. The highest BCUT2D eigenvalue weighted by atomic mass is 16.8. The van der Waals surface area contributed by atoms with Crippen LogP contribution in [0.3, 0.4) is 0 Å². The zero-order chi connectivity index (χ0) is 92.8. The van der Waals surface area contributed by atoms with Crippen LogP contribution >= 0.6 is 0 Å². The van der Waals surface area contributed by atoms with Crippen molar-refractivity contribution < 1.29 is 252 Å². The summed E-state index contributed by atoms with van der Waals surface area (Å²) in [6.07, 6.45) is -96.7. The number of rotatable bonds is 33. The molecule has 0 spiro atoms. The van der Waals surface area contributed by atoms with E-state index in [4.69, 9.17) is 90.0 Å². The molecule has 10 heterocycles. The second-order valence-electron chi connectivity index (χ2n) is 31.7. The summed E-state index contributed by atoms with van der Waals surface area (Å²) in [6, 6.07) is -9.38. The van der Waals surface area contributed by atoms with Crippen LogP contribution in [0.1, 0.15) is 34.6 Å². The lowest BCUT2D eigenvalue weighted by molar-refractivity contribution is -0.404. The molecule has 0 saturated carbocycles. The number of hydrogen-bond donors (Lipinski definition) is 32. The number of amides is 5. The van der Waals surface area contributed by atoms with Crippen LogP contribution in [0.4, 0.5) is 0 Å². The molecule has 126 heavy (non-hydrogen) atoms. The Balaban J connectivity index is 1.05. The maximum atomic E-state index is 13.4. The van der Waals surface area contributed by atoms with E-state index >= 15 is 0 Å². The molecular formula is C70H117N5O51. The largest absolute Gasteiger partial charge is 0.394 e. The number of aliphatic hydroxyl groups excluding tert-OH is 27. The van der Waals surface area contributed by atoms with Gasteiger partial charge in [0, 0.05) is 34.6 Å². The SMILES string of the molecule is CC(=O)N[C@@H]1[C@@H](O)[C@H](O[C@@H]2O[C@H](CO)[C@@H](O[C@@H]3O[C@H](CO[C@H]4O[C@H](CO[C@H]5O[C@H](CO)[C@@H](O)[C@H](O)[C@@H]5O)[C@@H](O)[C@H](O[C@H]5O[C@H](CO)[C@@H](O)[C@H](O)[C@@H]5O)[C@@H]4O)[C@@H](O)[C@H](O[C@H]4O[C@H](CO)[C@@H](O[C@@H]5O[C@H](CO)[C@@H](O)[C@H](O)[C@H]5NC(C)=O)[C@H](O)[C@@H]4O[C@@H]4O[C@H](CO)[C@@H](O[C@@H]5O[C@H](CO)[C@H](O)[C@H](O)[C@H]5NC(C)=O)[C@H](O)[C@H]4NC(C)=O)[C@@H]3O)[C@H](O)[C@H]2NC(C)=O)[C@@H](CO)O[C@H]1O. The molecule has 50 atom stereocenters. The molecule has 56 nitrogen and oxygen atoms in total. The monoisotopic (exact) mass is 1840 g/mol. The first-order chi connectivity index (χ1) is 59.6. The molecule has 10 rings (SSSR count). The minimum Gasteiger partial charge on any atom is -0.394 e. The van der Waals surface area contributed by atoms with E-state index in [-0.39, 0.29) is 0 Å². The molecule has 56 heteroatoms. The van der Waals surface area contributed by atoms with Gasteiger partial charge in [0.05, 0.1) is 66.1 Å². The fourth-order valence-corrected chi connectivity index (χ4v) is 16.3. The van der Waals surface area contributed by atoms with Gasteiger partial charge >= 0.3 is 0 Å². The Hall–Kier alpha value is -4.49. The predicted molar refractivity (Wildman–Crippen MR) is 388 cm³/mol. The topological polar surface area (TPSA) is 867 Å². The first kappa shape index (κ1) is 104. The first-order valence-electron chi connectivity index (χ1n) is 40.1. The van der Waals surface area contributed by atoms with Gasteiger partial charge in [0.15, 0.2) is 62.9 Å². The summed E-state index contributed by atoms with van der Waals surface area (Å²) in [6.45, 7) is -6.58.